The van der Waals surface area contributed by atoms with Crippen molar-refractivity contribution in [1.29, 1.82) is 0 Å². The summed E-state index contributed by atoms with van der Waals surface area (Å²) in [4.78, 5) is 27.3. The Hall–Kier alpha value is -2.82. The first kappa shape index (κ1) is 18.0. The topological polar surface area (TPSA) is 47.2 Å². The second kappa shape index (κ2) is 8.04. The van der Waals surface area contributed by atoms with Crippen LogP contribution < -0.4 is 5.69 Å². The third-order valence-electron chi connectivity index (χ3n) is 4.78. The highest BCUT2D eigenvalue weighted by atomic mass is 16.2. The Labute approximate surface area is 153 Å². The number of nitrogens with zero attached hydrogens (tertiary/aromatic N) is 3. The van der Waals surface area contributed by atoms with E-state index in [4.69, 9.17) is 0 Å². The van der Waals surface area contributed by atoms with E-state index >= 15 is 0 Å². The van der Waals surface area contributed by atoms with Gasteiger partial charge in [0.05, 0.1) is 11.0 Å². The number of amides is 1. The third kappa shape index (κ3) is 3.57. The van der Waals surface area contributed by atoms with Crippen LogP contribution in [0.3, 0.4) is 0 Å². The van der Waals surface area contributed by atoms with Crippen LogP contribution in [0.5, 0.6) is 0 Å². The van der Waals surface area contributed by atoms with Gasteiger partial charge in [0.15, 0.2) is 0 Å². The maximum atomic E-state index is 12.8. The van der Waals surface area contributed by atoms with Gasteiger partial charge in [0, 0.05) is 19.6 Å². The minimum atomic E-state index is -0.124. The minimum Gasteiger partial charge on any atom is -0.341 e. The number of carbonyl (C=O) groups is 1. The molecule has 3 rings (SSSR count). The molecule has 0 saturated heterocycles. The molecule has 2 aromatic carbocycles. The minimum absolute atomic E-state index is 0.0236. The van der Waals surface area contributed by atoms with Crippen molar-refractivity contribution in [3.8, 4) is 0 Å². The first-order chi connectivity index (χ1) is 12.7. The molecule has 0 aliphatic carbocycles. The molecule has 1 aromatic heterocycles. The Morgan fingerprint density at radius 2 is 1.54 bits per heavy atom. The number of benzene rings is 2. The lowest BCUT2D eigenvalue weighted by Gasteiger charge is -2.21. The van der Waals surface area contributed by atoms with Crippen molar-refractivity contribution >= 4 is 16.9 Å². The molecule has 5 heteroatoms. The van der Waals surface area contributed by atoms with Gasteiger partial charge < -0.3 is 4.90 Å². The van der Waals surface area contributed by atoms with E-state index in [1.54, 1.807) is 9.13 Å². The Balaban J connectivity index is 1.79. The molecule has 0 aliphatic rings. The Bertz CT molecular complexity index is 941. The number of para-hydroxylation sites is 2. The van der Waals surface area contributed by atoms with Gasteiger partial charge in [-0.25, -0.2) is 4.79 Å². The van der Waals surface area contributed by atoms with Crippen molar-refractivity contribution in [2.45, 2.75) is 33.4 Å². The molecule has 3 aromatic rings. The van der Waals surface area contributed by atoms with E-state index in [1.165, 1.54) is 5.56 Å². The predicted molar refractivity (Wildman–Crippen MR) is 104 cm³/mol. The van der Waals surface area contributed by atoms with Crippen LogP contribution in [-0.2, 0) is 24.3 Å². The summed E-state index contributed by atoms with van der Waals surface area (Å²) in [7, 11) is 0. The van der Waals surface area contributed by atoms with Gasteiger partial charge >= 0.3 is 5.69 Å². The normalized spacial score (nSPS) is 11.0. The average molecular weight is 351 g/mol. The standard InChI is InChI=1S/C21H25N3O2/c1-3-22(15-14-17-10-6-5-7-11-17)20(25)16-24-19-13-9-8-12-18(19)23(4-2)21(24)26/h5-13H,3-4,14-16H2,1-2H3. The van der Waals surface area contributed by atoms with Gasteiger partial charge in [-0.05, 0) is 38.0 Å². The van der Waals surface area contributed by atoms with Crippen LogP contribution in [0.25, 0.3) is 11.0 Å². The molecule has 0 unspecified atom stereocenters. The van der Waals surface area contributed by atoms with Crippen molar-refractivity contribution in [3.05, 3.63) is 70.6 Å². The monoisotopic (exact) mass is 351 g/mol. The van der Waals surface area contributed by atoms with E-state index in [1.807, 2.05) is 61.2 Å². The largest absolute Gasteiger partial charge is 0.341 e. The number of aromatic nitrogens is 2. The Morgan fingerprint density at radius 1 is 0.923 bits per heavy atom. The molecular weight excluding hydrogens is 326 g/mol. The molecule has 0 atom stereocenters. The molecule has 0 spiro atoms. The highest BCUT2D eigenvalue weighted by molar-refractivity contribution is 5.81. The first-order valence-corrected chi connectivity index (χ1v) is 9.15. The fourth-order valence-electron chi connectivity index (χ4n) is 3.33. The second-order valence-corrected chi connectivity index (χ2v) is 6.31. The molecule has 0 fully saturated rings. The summed E-state index contributed by atoms with van der Waals surface area (Å²) in [6.45, 7) is 5.87. The van der Waals surface area contributed by atoms with Crippen LogP contribution >= 0.6 is 0 Å². The van der Waals surface area contributed by atoms with E-state index in [-0.39, 0.29) is 18.1 Å². The molecule has 136 valence electrons. The van der Waals surface area contributed by atoms with Crippen LogP contribution in [0.2, 0.25) is 0 Å². The fourth-order valence-corrected chi connectivity index (χ4v) is 3.33. The molecule has 1 heterocycles. The number of hydrogen-bond acceptors (Lipinski definition) is 2. The molecule has 1 amide bonds. The summed E-state index contributed by atoms with van der Waals surface area (Å²) in [5.74, 6) is -0.0236. The lowest BCUT2D eigenvalue weighted by atomic mass is 10.1. The van der Waals surface area contributed by atoms with Gasteiger partial charge in [-0.3, -0.25) is 13.9 Å². The second-order valence-electron chi connectivity index (χ2n) is 6.31. The van der Waals surface area contributed by atoms with Crippen molar-refractivity contribution in [2.24, 2.45) is 0 Å². The van der Waals surface area contributed by atoms with Gasteiger partial charge in [-0.2, -0.15) is 0 Å². The molecule has 5 nitrogen and oxygen atoms in total. The predicted octanol–water partition coefficient (Wildman–Crippen LogP) is 2.91. The first-order valence-electron chi connectivity index (χ1n) is 9.15. The number of likely N-dealkylation sites (N-methyl/N-ethyl adjacent to an activating group) is 1. The number of hydrogen-bond donors (Lipinski definition) is 0. The summed E-state index contributed by atoms with van der Waals surface area (Å²) < 4.78 is 3.30. The number of rotatable bonds is 7. The SMILES string of the molecule is CCN(CCc1ccccc1)C(=O)Cn1c(=O)n(CC)c2ccccc21. The number of aryl methyl sites for hydroxylation is 1. The van der Waals surface area contributed by atoms with Crippen LogP contribution in [0.1, 0.15) is 19.4 Å². The lowest BCUT2D eigenvalue weighted by molar-refractivity contribution is -0.131. The summed E-state index contributed by atoms with van der Waals surface area (Å²) in [5, 5.41) is 0. The van der Waals surface area contributed by atoms with Gasteiger partial charge in [-0.15, -0.1) is 0 Å². The summed E-state index contributed by atoms with van der Waals surface area (Å²) in [5.41, 5.74) is 2.77. The summed E-state index contributed by atoms with van der Waals surface area (Å²) in [6.07, 6.45) is 0.812. The number of imidazole rings is 1. The molecule has 0 radical (unpaired) electrons. The molecule has 0 saturated carbocycles. The van der Waals surface area contributed by atoms with Crippen LogP contribution in [-0.4, -0.2) is 33.0 Å². The summed E-state index contributed by atoms with van der Waals surface area (Å²) in [6, 6.07) is 17.8. The van der Waals surface area contributed by atoms with E-state index in [2.05, 4.69) is 12.1 Å². The lowest BCUT2D eigenvalue weighted by Crippen LogP contribution is -2.37. The maximum absolute atomic E-state index is 12.8. The van der Waals surface area contributed by atoms with Crippen molar-refractivity contribution in [1.82, 2.24) is 14.0 Å². The average Bonchev–Trinajstić information content (AvgIpc) is 2.94. The number of carbonyl (C=O) groups excluding carboxylic acids is 1. The Morgan fingerprint density at radius 3 is 2.15 bits per heavy atom. The smallest absolute Gasteiger partial charge is 0.329 e. The maximum Gasteiger partial charge on any atom is 0.329 e. The van der Waals surface area contributed by atoms with Crippen LogP contribution in [0, 0.1) is 0 Å². The van der Waals surface area contributed by atoms with E-state index < -0.39 is 0 Å². The van der Waals surface area contributed by atoms with Crippen molar-refractivity contribution < 1.29 is 4.79 Å². The van der Waals surface area contributed by atoms with Crippen LogP contribution in [0.15, 0.2) is 59.4 Å². The third-order valence-corrected chi connectivity index (χ3v) is 4.78. The zero-order valence-electron chi connectivity index (χ0n) is 15.4. The highest BCUT2D eigenvalue weighted by Crippen LogP contribution is 2.13. The van der Waals surface area contributed by atoms with E-state index in [0.29, 0.717) is 19.6 Å². The van der Waals surface area contributed by atoms with Gasteiger partial charge in [-0.1, -0.05) is 42.5 Å². The van der Waals surface area contributed by atoms with Crippen molar-refractivity contribution in [3.63, 3.8) is 0 Å². The molecular formula is C21H25N3O2. The highest BCUT2D eigenvalue weighted by Gasteiger charge is 2.17. The zero-order chi connectivity index (χ0) is 18.5. The van der Waals surface area contributed by atoms with Gasteiger partial charge in [0.1, 0.15) is 6.54 Å². The van der Waals surface area contributed by atoms with Crippen LogP contribution in [0.4, 0.5) is 0 Å². The molecule has 26 heavy (non-hydrogen) atoms. The fraction of sp³-hybridized carbons (Fsp3) is 0.333. The van der Waals surface area contributed by atoms with Gasteiger partial charge in [0.25, 0.3) is 0 Å². The molecule has 0 N–H and O–H groups in total. The Kier molecular flexibility index (Phi) is 5.56. The zero-order valence-corrected chi connectivity index (χ0v) is 15.4. The van der Waals surface area contributed by atoms with Gasteiger partial charge in [0.2, 0.25) is 5.91 Å². The van der Waals surface area contributed by atoms with Crippen molar-refractivity contribution in [2.75, 3.05) is 13.1 Å². The van der Waals surface area contributed by atoms with E-state index in [0.717, 1.165) is 17.5 Å². The number of fused-ring (bicyclic) bond motifs is 1. The molecule has 0 bridgehead atoms. The quantitative estimate of drug-likeness (QED) is 0.657. The summed E-state index contributed by atoms with van der Waals surface area (Å²) >= 11 is 0. The molecule has 0 aliphatic heterocycles. The van der Waals surface area contributed by atoms with E-state index in [9.17, 15) is 9.59 Å².